The number of ether oxygens (including phenoxy) is 6. The molecule has 58 heteroatoms. The summed E-state index contributed by atoms with van der Waals surface area (Å²) in [6.45, 7) is 0. The van der Waals surface area contributed by atoms with Gasteiger partial charge >= 0.3 is 7.32 Å². The highest BCUT2D eigenvalue weighted by molar-refractivity contribution is 6.38. The number of hydrogen-bond donors (Lipinski definition) is 0. The molecule has 0 N–H and O–H groups in total. The van der Waals surface area contributed by atoms with Gasteiger partial charge in [0.05, 0.1) is 109 Å². The summed E-state index contributed by atoms with van der Waals surface area (Å²) in [7, 11) is -5.07. The van der Waals surface area contributed by atoms with E-state index in [2.05, 4.69) is 0 Å². The number of benzene rings is 12. The number of aromatic nitrogens is 3. The van der Waals surface area contributed by atoms with Crippen molar-refractivity contribution in [3.63, 3.8) is 0 Å². The van der Waals surface area contributed by atoms with Crippen molar-refractivity contribution < 1.29 is 240 Å². The van der Waals surface area contributed by atoms with Gasteiger partial charge in [-0.25, -0.2) is 198 Å². The first-order valence-corrected chi connectivity index (χ1v) is 36.8. The highest BCUT2D eigenvalue weighted by Gasteiger charge is 2.51. The molecule has 0 atom stereocenters. The van der Waals surface area contributed by atoms with Crippen molar-refractivity contribution in [1.82, 2.24) is 14.2 Å². The van der Waals surface area contributed by atoms with Gasteiger partial charge in [0.15, 0.2) is 244 Å². The molecule has 0 saturated carbocycles. The summed E-state index contributed by atoms with van der Waals surface area (Å²) in [5.74, 6) is -176. The fraction of sp³-hybridized carbons (Fsp3) is 0.0714. The van der Waals surface area contributed by atoms with Crippen molar-refractivity contribution in [2.45, 2.75) is 0 Å². The zero-order valence-corrected chi connectivity index (χ0v) is 67.8. The number of rotatable bonds is 21. The maximum absolute atomic E-state index is 18.0. The monoisotopic (exact) mass is 2080 g/mol. The Bertz CT molecular complexity index is 7180. The summed E-state index contributed by atoms with van der Waals surface area (Å²) >= 11 is 0. The SMILES string of the molecule is COc1cc2c(c(-c3c(F)c(F)c(F)c(F)c3F)c1OC)c(-c1c(F)c(F)c(F)c(F)c1F)c(-c1c(F)c(F)c(F)c(F)c1F)n2OB(On1c(-c2c(F)c(F)c(F)c(F)c2F)c(-c2c(F)c(F)c(F)c(F)c2F)c2c(-c3c(F)c(F)c(F)c(F)c3F)c(OC)c(OC)cc21)On1c(-c2c(F)c(F)c(F)c(F)c2F)c(-c2c(F)c(F)c(F)c(F)c2F)c2c(-c3c(F)c(F)c(F)c(F)c3F)c(OC)c(OC)cc21. The highest BCUT2D eigenvalue weighted by atomic mass is 19.2. The van der Waals surface area contributed by atoms with E-state index in [4.69, 9.17) is 42.7 Å². The van der Waals surface area contributed by atoms with Crippen LogP contribution in [-0.2, 0) is 0 Å². The number of fused-ring (bicyclic) bond motifs is 3. The van der Waals surface area contributed by atoms with Crippen molar-refractivity contribution in [2.75, 3.05) is 42.7 Å². The predicted molar refractivity (Wildman–Crippen MR) is 388 cm³/mol. The molecular weight excluding hydrogens is 2060 g/mol. The number of methoxy groups -OCH3 is 6. The van der Waals surface area contributed by atoms with E-state index in [1.807, 2.05) is 0 Å². The summed E-state index contributed by atoms with van der Waals surface area (Å²) in [4.78, 5) is 0. The van der Waals surface area contributed by atoms with Gasteiger partial charge in [-0.05, 0) is 0 Å². The molecule has 0 aliphatic heterocycles. The predicted octanol–water partition coefficient (Wildman–Crippen LogP) is 25.5. The van der Waals surface area contributed by atoms with Gasteiger partial charge in [-0.15, -0.1) is 0 Å². The minimum atomic E-state index is -5.58. The van der Waals surface area contributed by atoms with Gasteiger partial charge in [0.1, 0.15) is 17.1 Å². The highest BCUT2D eigenvalue weighted by Crippen LogP contribution is 2.61. The molecule has 0 aliphatic rings. The lowest BCUT2D eigenvalue weighted by Crippen LogP contribution is -2.49. The van der Waals surface area contributed by atoms with Gasteiger partial charge in [0.2, 0.25) is 52.4 Å². The van der Waals surface area contributed by atoms with Crippen molar-refractivity contribution in [3.05, 3.63) is 280 Å². The van der Waals surface area contributed by atoms with Gasteiger partial charge in [0, 0.05) is 67.7 Å². The first kappa shape index (κ1) is 101. The van der Waals surface area contributed by atoms with Gasteiger partial charge in [-0.3, -0.25) is 0 Å². The van der Waals surface area contributed by atoms with E-state index in [0.717, 1.165) is 0 Å². The Balaban J connectivity index is 1.34. The molecule has 0 amide bonds. The average Bonchev–Trinajstić information content (AvgIpc) is 1.54. The second-order valence-corrected chi connectivity index (χ2v) is 28.3. The zero-order valence-electron chi connectivity index (χ0n) is 67.8. The van der Waals surface area contributed by atoms with Crippen LogP contribution in [0.2, 0.25) is 0 Å². The smallest absolute Gasteiger partial charge is 0.493 e. The topological polar surface area (TPSA) is 97.9 Å². The second-order valence-electron chi connectivity index (χ2n) is 28.3. The number of hydrogen-bond acceptors (Lipinski definition) is 9. The molecular formula is C84H21BF45N3O9. The van der Waals surface area contributed by atoms with Gasteiger partial charge < -0.3 is 42.7 Å². The summed E-state index contributed by atoms with van der Waals surface area (Å²) in [5.41, 5.74) is -65.5. The molecule has 0 aliphatic carbocycles. The van der Waals surface area contributed by atoms with E-state index in [1.165, 1.54) is 0 Å². The van der Waals surface area contributed by atoms with Crippen LogP contribution in [0.25, 0.3) is 133 Å². The first-order chi connectivity index (χ1) is 66.6. The molecule has 0 fully saturated rings. The van der Waals surface area contributed by atoms with Crippen LogP contribution in [-0.4, -0.2) is 64.2 Å². The molecule has 15 aromatic rings. The van der Waals surface area contributed by atoms with Crippen LogP contribution in [0.4, 0.5) is 198 Å². The number of halogens is 45. The molecule has 0 saturated heterocycles. The van der Waals surface area contributed by atoms with Gasteiger partial charge in [0.25, 0.3) is 0 Å². The van der Waals surface area contributed by atoms with E-state index < -0.39 is 469 Å². The molecule has 12 aromatic carbocycles. The molecule has 0 spiro atoms. The summed E-state index contributed by atoms with van der Waals surface area (Å²) in [6.07, 6.45) is 0. The summed E-state index contributed by atoms with van der Waals surface area (Å²) in [5, 5.41) is -8.33. The molecule has 142 heavy (non-hydrogen) atoms. The average molecular weight is 2080 g/mol. The van der Waals surface area contributed by atoms with Crippen molar-refractivity contribution in [3.8, 4) is 135 Å². The largest absolute Gasteiger partial charge is 0.926 e. The van der Waals surface area contributed by atoms with Crippen LogP contribution in [0, 0.1) is 262 Å². The third-order valence-electron chi connectivity index (χ3n) is 21.3. The molecule has 0 bridgehead atoms. The van der Waals surface area contributed by atoms with Gasteiger partial charge in [-0.2, -0.15) is 14.2 Å². The minimum Gasteiger partial charge on any atom is -0.493 e. The third-order valence-corrected chi connectivity index (χ3v) is 21.3. The van der Waals surface area contributed by atoms with Crippen molar-refractivity contribution in [1.29, 1.82) is 0 Å². The van der Waals surface area contributed by atoms with Crippen LogP contribution in [0.5, 0.6) is 34.5 Å². The Morgan fingerprint density at radius 2 is 0.268 bits per heavy atom. The fourth-order valence-corrected chi connectivity index (χ4v) is 15.4. The molecule has 12 nitrogen and oxygen atoms in total. The van der Waals surface area contributed by atoms with Crippen LogP contribution < -0.4 is 42.7 Å². The van der Waals surface area contributed by atoms with Crippen LogP contribution in [0.15, 0.2) is 18.2 Å². The third kappa shape index (κ3) is 14.0. The van der Waals surface area contributed by atoms with Gasteiger partial charge in [-0.1, -0.05) is 0 Å². The molecule has 3 aromatic heterocycles. The van der Waals surface area contributed by atoms with Crippen molar-refractivity contribution in [2.24, 2.45) is 0 Å². The number of nitrogens with zero attached hydrogens (tertiary/aromatic N) is 3. The Kier molecular flexibility index (Phi) is 25.3. The second kappa shape index (κ2) is 35.6. The van der Waals surface area contributed by atoms with Crippen LogP contribution in [0.1, 0.15) is 0 Å². The van der Waals surface area contributed by atoms with E-state index in [0.29, 0.717) is 0 Å². The normalized spacial score (nSPS) is 11.8. The van der Waals surface area contributed by atoms with Crippen LogP contribution >= 0.6 is 0 Å². The first-order valence-electron chi connectivity index (χ1n) is 36.8. The summed E-state index contributed by atoms with van der Waals surface area (Å²) < 4.78 is 799. The summed E-state index contributed by atoms with van der Waals surface area (Å²) in [6, 6.07) is -1.48. The van der Waals surface area contributed by atoms with E-state index in [9.17, 15) is 0 Å². The molecule has 0 unspecified atom stereocenters. The quantitative estimate of drug-likeness (QED) is 0.0301. The van der Waals surface area contributed by atoms with E-state index >= 15 is 198 Å². The fourth-order valence-electron chi connectivity index (χ4n) is 15.4. The maximum atomic E-state index is 18.0. The lowest BCUT2D eigenvalue weighted by molar-refractivity contribution is 0.0827. The molecule has 3 heterocycles. The zero-order chi connectivity index (χ0) is 105. The molecule has 0 radical (unpaired) electrons. The Hall–Kier alpha value is -15.6. The Morgan fingerprint density at radius 3 is 0.394 bits per heavy atom. The standard InChI is InChI=1S/C84H21BF45N3O9/c1-134-13-7-10-16(22(82(13)137-4)28-40(92)58(110)73(125)59(111)41(28)93)19(25-34(86)52(104)70(122)53(105)35(25)87)79(31-46(98)64(116)76(128)65(117)47(31)99)131(10)140-85(141-132-11-8-14(135-2)83(138-5)23(29-42(94)60(112)74(126)61(113)43(29)95)17(11)20(26-36(88)54(106)71(123)55(107)37(26)89)80(132)32-48(100)66(118)77(129)67(119)49(32)101)142-133-12-9-15(136-3)84(139-6)24(30-44(96)62(114)75(127)63(115)45(30)97)18(12)21(27-38(90)56(108)72(124)57(109)39(27)91)81(133)33-50(102)68(120)78(130)69(121)51(33)103/h7-9H,1-6H3. The Morgan fingerprint density at radius 1 is 0.148 bits per heavy atom. The Labute approximate surface area is 750 Å². The van der Waals surface area contributed by atoms with Crippen molar-refractivity contribution >= 4 is 40.0 Å². The van der Waals surface area contributed by atoms with Crippen LogP contribution in [0.3, 0.4) is 0 Å². The molecule has 744 valence electrons. The van der Waals surface area contributed by atoms with E-state index in [-0.39, 0.29) is 42.7 Å². The van der Waals surface area contributed by atoms with E-state index in [1.54, 1.807) is 0 Å². The maximum Gasteiger partial charge on any atom is 0.926 e. The lowest BCUT2D eigenvalue weighted by atomic mass is 9.90. The lowest BCUT2D eigenvalue weighted by Gasteiger charge is -2.24. The molecule has 15 rings (SSSR count). The minimum absolute atomic E-state index is 0.0611.